The molecule has 1 N–H and O–H groups in total. The molecule has 0 aromatic heterocycles. The number of anilines is 2. The van der Waals surface area contributed by atoms with Gasteiger partial charge in [0.05, 0.1) is 30.8 Å². The largest absolute Gasteiger partial charge is 0.442 e. The zero-order valence-electron chi connectivity index (χ0n) is 14.2. The summed E-state index contributed by atoms with van der Waals surface area (Å²) in [6.07, 6.45) is -0.759. The lowest BCUT2D eigenvalue weighted by Gasteiger charge is -2.21. The van der Waals surface area contributed by atoms with Crippen LogP contribution in [0.25, 0.3) is 0 Å². The van der Waals surface area contributed by atoms with Gasteiger partial charge in [-0.05, 0) is 6.42 Å². The van der Waals surface area contributed by atoms with Crippen molar-refractivity contribution in [3.63, 3.8) is 0 Å². The Labute approximate surface area is 149 Å². The Balaban J connectivity index is 1.77. The van der Waals surface area contributed by atoms with Gasteiger partial charge in [0.25, 0.3) is 0 Å². The minimum absolute atomic E-state index is 0.0510. The number of nitrogens with zero attached hydrogens (tertiary/aromatic N) is 3. The van der Waals surface area contributed by atoms with Crippen LogP contribution in [0.15, 0.2) is 12.1 Å². The lowest BCUT2D eigenvalue weighted by molar-refractivity contribution is -0.119. The predicted molar refractivity (Wildman–Crippen MR) is 88.6 cm³/mol. The fourth-order valence-electron chi connectivity index (χ4n) is 3.18. The topological polar surface area (TPSA) is 85.7 Å². The summed E-state index contributed by atoms with van der Waals surface area (Å²) in [6.45, 7) is 2.22. The number of cyclic esters (lactones) is 1. The van der Waals surface area contributed by atoms with Crippen LogP contribution in [0.2, 0.25) is 0 Å². The van der Waals surface area contributed by atoms with Gasteiger partial charge in [-0.25, -0.2) is 13.6 Å². The molecule has 2 heterocycles. The predicted octanol–water partition coefficient (Wildman–Crippen LogP) is 1.78. The summed E-state index contributed by atoms with van der Waals surface area (Å²) in [4.78, 5) is 25.6. The number of carbonyl (C=O) groups excluding carboxylic acids is 2. The molecule has 138 valence electrons. The summed E-state index contributed by atoms with van der Waals surface area (Å²) in [5, 5.41) is 11.5. The van der Waals surface area contributed by atoms with Gasteiger partial charge in [0, 0.05) is 32.1 Å². The molecule has 2 aliphatic rings. The molecule has 3 rings (SSSR count). The van der Waals surface area contributed by atoms with Crippen molar-refractivity contribution in [2.75, 3.05) is 36.0 Å². The van der Waals surface area contributed by atoms with E-state index in [4.69, 9.17) is 10.00 Å². The van der Waals surface area contributed by atoms with E-state index in [-0.39, 0.29) is 42.8 Å². The Morgan fingerprint density at radius 2 is 2.08 bits per heavy atom. The molecule has 2 aliphatic heterocycles. The first-order chi connectivity index (χ1) is 12.4. The lowest BCUT2D eigenvalue weighted by Crippen LogP contribution is -2.33. The molecule has 1 aromatic rings. The zero-order chi connectivity index (χ0) is 18.8. The van der Waals surface area contributed by atoms with E-state index in [2.05, 4.69) is 11.4 Å². The zero-order valence-corrected chi connectivity index (χ0v) is 14.2. The first-order valence-electron chi connectivity index (χ1n) is 8.25. The standard InChI is InChI=1S/C17H18F2N4O3/c1-10(24)21-7-13-9-23(17(25)26-13)12-4-14(18)16(15(19)5-12)22-3-2-11(6-20)8-22/h4-5,11,13H,2-3,7-9H2,1H3,(H,21,24)/t11-,13-/m0/s1. The number of hydrogen-bond acceptors (Lipinski definition) is 5. The molecule has 7 nitrogen and oxygen atoms in total. The summed E-state index contributed by atoms with van der Waals surface area (Å²) in [5.41, 5.74) is -0.135. The van der Waals surface area contributed by atoms with Crippen molar-refractivity contribution >= 4 is 23.4 Å². The Bertz CT molecular complexity index is 757. The molecule has 0 spiro atoms. The number of nitrogens with one attached hydrogen (secondary N) is 1. The number of rotatable bonds is 4. The Hall–Kier alpha value is -2.89. The summed E-state index contributed by atoms with van der Waals surface area (Å²) in [5.74, 6) is -2.10. The normalized spacial score (nSPS) is 22.3. The van der Waals surface area contributed by atoms with Crippen molar-refractivity contribution in [2.24, 2.45) is 5.92 Å². The molecule has 2 saturated heterocycles. The van der Waals surface area contributed by atoms with Gasteiger partial charge in [-0.15, -0.1) is 0 Å². The van der Waals surface area contributed by atoms with Crippen LogP contribution in [-0.2, 0) is 9.53 Å². The van der Waals surface area contributed by atoms with Crippen molar-refractivity contribution in [3.05, 3.63) is 23.8 Å². The van der Waals surface area contributed by atoms with Crippen molar-refractivity contribution < 1.29 is 23.1 Å². The molecule has 2 atom stereocenters. The van der Waals surface area contributed by atoms with Gasteiger partial charge < -0.3 is 15.0 Å². The number of halogens is 2. The second kappa shape index (κ2) is 7.15. The molecule has 0 bridgehead atoms. The van der Waals surface area contributed by atoms with E-state index >= 15 is 0 Å². The number of hydrogen-bond donors (Lipinski definition) is 1. The van der Waals surface area contributed by atoms with Gasteiger partial charge in [0.2, 0.25) is 5.91 Å². The summed E-state index contributed by atoms with van der Waals surface area (Å²) >= 11 is 0. The average molecular weight is 364 g/mol. The van der Waals surface area contributed by atoms with Crippen LogP contribution in [0, 0.1) is 28.9 Å². The third-order valence-corrected chi connectivity index (χ3v) is 4.45. The van der Waals surface area contributed by atoms with Gasteiger partial charge in [-0.2, -0.15) is 5.26 Å². The third kappa shape index (κ3) is 3.54. The number of amides is 2. The summed E-state index contributed by atoms with van der Waals surface area (Å²) in [7, 11) is 0. The van der Waals surface area contributed by atoms with E-state index in [9.17, 15) is 18.4 Å². The molecule has 0 unspecified atom stereocenters. The van der Waals surface area contributed by atoms with Crippen LogP contribution >= 0.6 is 0 Å². The summed E-state index contributed by atoms with van der Waals surface area (Å²) in [6, 6.07) is 4.27. The van der Waals surface area contributed by atoms with Crippen LogP contribution in [0.5, 0.6) is 0 Å². The van der Waals surface area contributed by atoms with Gasteiger partial charge in [0.1, 0.15) is 11.8 Å². The van der Waals surface area contributed by atoms with E-state index in [0.717, 1.165) is 17.0 Å². The SMILES string of the molecule is CC(=O)NC[C@H]1CN(c2cc(F)c(N3CC[C@@H](C#N)C3)c(F)c2)C(=O)O1. The molecule has 0 saturated carbocycles. The fraction of sp³-hybridized carbons (Fsp3) is 0.471. The number of carbonyl (C=O) groups is 2. The minimum atomic E-state index is -0.795. The highest BCUT2D eigenvalue weighted by Gasteiger charge is 2.34. The summed E-state index contributed by atoms with van der Waals surface area (Å²) < 4.78 is 34.1. The third-order valence-electron chi connectivity index (χ3n) is 4.45. The van der Waals surface area contributed by atoms with Gasteiger partial charge in [-0.3, -0.25) is 9.69 Å². The van der Waals surface area contributed by atoms with E-state index in [1.54, 1.807) is 0 Å². The first kappa shape index (κ1) is 17.9. The monoisotopic (exact) mass is 364 g/mol. The second-order valence-electron chi connectivity index (χ2n) is 6.37. The molecule has 2 fully saturated rings. The number of nitriles is 1. The molecule has 1 aromatic carbocycles. The second-order valence-corrected chi connectivity index (χ2v) is 6.37. The molecule has 0 aliphatic carbocycles. The molecule has 26 heavy (non-hydrogen) atoms. The highest BCUT2D eigenvalue weighted by Crippen LogP contribution is 2.33. The highest BCUT2D eigenvalue weighted by atomic mass is 19.1. The van der Waals surface area contributed by atoms with Crippen LogP contribution < -0.4 is 15.1 Å². The maximum absolute atomic E-state index is 14.5. The van der Waals surface area contributed by atoms with Crippen molar-refractivity contribution in [2.45, 2.75) is 19.4 Å². The van der Waals surface area contributed by atoms with Gasteiger partial charge in [-0.1, -0.05) is 0 Å². The van der Waals surface area contributed by atoms with Crippen molar-refractivity contribution in [3.8, 4) is 6.07 Å². The lowest BCUT2D eigenvalue weighted by atomic mass is 10.1. The Morgan fingerprint density at radius 1 is 1.38 bits per heavy atom. The minimum Gasteiger partial charge on any atom is -0.442 e. The Kier molecular flexibility index (Phi) is 4.93. The first-order valence-corrected chi connectivity index (χ1v) is 8.25. The van der Waals surface area contributed by atoms with Gasteiger partial charge >= 0.3 is 6.09 Å². The number of benzene rings is 1. The fourth-order valence-corrected chi connectivity index (χ4v) is 3.18. The Morgan fingerprint density at radius 3 is 2.65 bits per heavy atom. The van der Waals surface area contributed by atoms with E-state index in [0.29, 0.717) is 13.0 Å². The molecular weight excluding hydrogens is 346 g/mol. The molecule has 9 heteroatoms. The smallest absolute Gasteiger partial charge is 0.414 e. The van der Waals surface area contributed by atoms with Crippen LogP contribution in [-0.4, -0.2) is 44.3 Å². The highest BCUT2D eigenvalue weighted by molar-refractivity contribution is 5.90. The van der Waals surface area contributed by atoms with E-state index in [1.165, 1.54) is 11.8 Å². The maximum atomic E-state index is 14.5. The van der Waals surface area contributed by atoms with Crippen LogP contribution in [0.1, 0.15) is 13.3 Å². The average Bonchev–Trinajstić information content (AvgIpc) is 3.19. The van der Waals surface area contributed by atoms with Crippen molar-refractivity contribution in [1.82, 2.24) is 5.32 Å². The maximum Gasteiger partial charge on any atom is 0.414 e. The molecule has 0 radical (unpaired) electrons. The van der Waals surface area contributed by atoms with Crippen LogP contribution in [0.4, 0.5) is 25.0 Å². The van der Waals surface area contributed by atoms with Gasteiger partial charge in [0.15, 0.2) is 11.6 Å². The van der Waals surface area contributed by atoms with E-state index < -0.39 is 23.8 Å². The van der Waals surface area contributed by atoms with Crippen molar-refractivity contribution in [1.29, 1.82) is 5.26 Å². The number of ether oxygens (including phenoxy) is 1. The molecular formula is C17H18F2N4O3. The quantitative estimate of drug-likeness (QED) is 0.880. The van der Waals surface area contributed by atoms with E-state index in [1.807, 2.05) is 0 Å². The molecule has 2 amide bonds. The van der Waals surface area contributed by atoms with Crippen LogP contribution in [0.3, 0.4) is 0 Å².